The Labute approximate surface area is 186 Å². The van der Waals surface area contributed by atoms with E-state index in [2.05, 4.69) is 11.9 Å². The molecule has 1 aromatic carbocycles. The molecule has 1 saturated heterocycles. The van der Waals surface area contributed by atoms with Gasteiger partial charge in [0.25, 0.3) is 0 Å². The second-order valence-corrected chi connectivity index (χ2v) is 7.93. The van der Waals surface area contributed by atoms with Gasteiger partial charge in [-0.3, -0.25) is 9.36 Å². The lowest BCUT2D eigenvalue weighted by Gasteiger charge is -2.27. The minimum Gasteiger partial charge on any atom is -0.488 e. The van der Waals surface area contributed by atoms with Crippen LogP contribution in [0.15, 0.2) is 42.9 Å². The maximum atomic E-state index is 13.5. The van der Waals surface area contributed by atoms with Gasteiger partial charge in [-0.25, -0.2) is 4.79 Å². The van der Waals surface area contributed by atoms with Gasteiger partial charge in [-0.2, -0.15) is 0 Å². The van der Waals surface area contributed by atoms with Crippen molar-refractivity contribution in [1.29, 1.82) is 0 Å². The van der Waals surface area contributed by atoms with Gasteiger partial charge in [-0.15, -0.1) is 0 Å². The highest BCUT2D eigenvalue weighted by molar-refractivity contribution is 5.87. The van der Waals surface area contributed by atoms with E-state index in [-0.39, 0.29) is 24.7 Å². The minimum absolute atomic E-state index is 0.132. The van der Waals surface area contributed by atoms with Crippen molar-refractivity contribution in [3.63, 3.8) is 0 Å². The quantitative estimate of drug-likeness (QED) is 0.319. The van der Waals surface area contributed by atoms with Crippen LogP contribution in [-0.4, -0.2) is 55.0 Å². The van der Waals surface area contributed by atoms with E-state index in [9.17, 15) is 24.8 Å². The Morgan fingerprint density at radius 1 is 1.28 bits per heavy atom. The number of amides is 1. The molecule has 172 valence electrons. The minimum atomic E-state index is -1.10. The van der Waals surface area contributed by atoms with E-state index in [0.29, 0.717) is 12.2 Å². The Balaban J connectivity index is 1.79. The Hall–Kier alpha value is -3.43. The summed E-state index contributed by atoms with van der Waals surface area (Å²) in [5.74, 6) is -1.23. The van der Waals surface area contributed by atoms with E-state index >= 15 is 0 Å². The van der Waals surface area contributed by atoms with Gasteiger partial charge in [-0.05, 0) is 28.5 Å². The average Bonchev–Trinajstić information content (AvgIpc) is 3.42. The largest absolute Gasteiger partial charge is 0.488 e. The molecule has 1 fully saturated rings. The molecule has 0 radical (unpaired) electrons. The number of carboxylic acids is 1. The number of benzene rings is 1. The predicted octanol–water partition coefficient (Wildman–Crippen LogP) is 3.44. The SMILES string of the molecule is CCCCCCC(C(=O)N1CC(Oc2ccccc2)C[C@H]1C(=O)O)n1cnc([N+](=O)[O-])c1. The fraction of sp³-hybridized carbons (Fsp3) is 0.500. The first-order valence-electron chi connectivity index (χ1n) is 10.8. The summed E-state index contributed by atoms with van der Waals surface area (Å²) in [6.45, 7) is 2.21. The van der Waals surface area contributed by atoms with Crippen LogP contribution in [0.3, 0.4) is 0 Å². The summed E-state index contributed by atoms with van der Waals surface area (Å²) in [7, 11) is 0. The Bertz CT molecular complexity index is 932. The molecule has 2 aromatic rings. The molecule has 3 rings (SSSR count). The fourth-order valence-corrected chi connectivity index (χ4v) is 4.00. The lowest BCUT2D eigenvalue weighted by molar-refractivity contribution is -0.389. The molecule has 0 bridgehead atoms. The number of rotatable bonds is 11. The third-order valence-corrected chi connectivity index (χ3v) is 5.63. The molecule has 10 heteroatoms. The number of carbonyl (C=O) groups excluding carboxylic acids is 1. The van der Waals surface area contributed by atoms with Crippen molar-refractivity contribution in [2.75, 3.05) is 6.54 Å². The van der Waals surface area contributed by atoms with Gasteiger partial charge in [0.1, 0.15) is 30.1 Å². The summed E-state index contributed by atoms with van der Waals surface area (Å²) in [5.41, 5.74) is 0. The molecule has 1 aromatic heterocycles. The van der Waals surface area contributed by atoms with Crippen LogP contribution in [-0.2, 0) is 9.59 Å². The van der Waals surface area contributed by atoms with Gasteiger partial charge in [0.05, 0.1) is 6.54 Å². The van der Waals surface area contributed by atoms with E-state index in [1.165, 1.54) is 22.0 Å². The van der Waals surface area contributed by atoms with Crippen LogP contribution >= 0.6 is 0 Å². The molecule has 2 heterocycles. The molecule has 1 aliphatic rings. The van der Waals surface area contributed by atoms with Gasteiger partial charge in [0.2, 0.25) is 12.2 Å². The molecule has 3 atom stereocenters. The Morgan fingerprint density at radius 3 is 2.66 bits per heavy atom. The fourth-order valence-electron chi connectivity index (χ4n) is 4.00. The van der Waals surface area contributed by atoms with Gasteiger partial charge < -0.3 is 24.9 Å². The number of likely N-dealkylation sites (tertiary alicyclic amines) is 1. The number of unbranched alkanes of at least 4 members (excludes halogenated alkanes) is 3. The number of aromatic nitrogens is 2. The van der Waals surface area contributed by atoms with E-state index in [4.69, 9.17) is 4.74 Å². The lowest BCUT2D eigenvalue weighted by Crippen LogP contribution is -2.44. The highest BCUT2D eigenvalue weighted by Gasteiger charge is 2.43. The Kier molecular flexibility index (Phi) is 7.80. The maximum absolute atomic E-state index is 13.5. The Morgan fingerprint density at radius 2 is 2.03 bits per heavy atom. The smallest absolute Gasteiger partial charge is 0.381 e. The number of hydrogen-bond donors (Lipinski definition) is 1. The van der Waals surface area contributed by atoms with Crippen molar-refractivity contribution in [2.24, 2.45) is 0 Å². The van der Waals surface area contributed by atoms with Crippen molar-refractivity contribution >= 4 is 17.7 Å². The van der Waals surface area contributed by atoms with Gasteiger partial charge in [-0.1, -0.05) is 50.8 Å². The second-order valence-electron chi connectivity index (χ2n) is 7.93. The molecule has 10 nitrogen and oxygen atoms in total. The van der Waals surface area contributed by atoms with E-state index in [0.717, 1.165) is 25.7 Å². The summed E-state index contributed by atoms with van der Waals surface area (Å²) in [4.78, 5) is 40.9. The molecular formula is C22H28N4O6. The number of nitro groups is 1. The van der Waals surface area contributed by atoms with Gasteiger partial charge in [0.15, 0.2) is 0 Å². The maximum Gasteiger partial charge on any atom is 0.381 e. The number of carbonyl (C=O) groups is 2. The van der Waals surface area contributed by atoms with Crippen LogP contribution in [0, 0.1) is 10.1 Å². The van der Waals surface area contributed by atoms with Crippen molar-refractivity contribution < 1.29 is 24.4 Å². The molecule has 32 heavy (non-hydrogen) atoms. The van der Waals surface area contributed by atoms with Crippen LogP contribution in [0.1, 0.15) is 51.5 Å². The third-order valence-electron chi connectivity index (χ3n) is 5.63. The number of para-hydroxylation sites is 1. The van der Waals surface area contributed by atoms with E-state index in [1.54, 1.807) is 12.1 Å². The first-order chi connectivity index (χ1) is 15.4. The number of imidazole rings is 1. The highest BCUT2D eigenvalue weighted by Crippen LogP contribution is 2.29. The van der Waals surface area contributed by atoms with Crippen LogP contribution in [0.5, 0.6) is 5.75 Å². The van der Waals surface area contributed by atoms with Crippen molar-refractivity contribution in [3.8, 4) is 5.75 Å². The second kappa shape index (κ2) is 10.7. The van der Waals surface area contributed by atoms with Crippen LogP contribution in [0.25, 0.3) is 0 Å². The summed E-state index contributed by atoms with van der Waals surface area (Å²) in [6.07, 6.45) is 6.35. The molecule has 0 spiro atoms. The summed E-state index contributed by atoms with van der Waals surface area (Å²) < 4.78 is 7.33. The zero-order valence-corrected chi connectivity index (χ0v) is 18.0. The standard InChI is InChI=1S/C22H28N4O6/c1-2-3-4-8-11-18(24-14-20(23-15-24)26(30)31)21(27)25-13-17(12-19(25)22(28)29)32-16-9-6-5-7-10-16/h5-7,9-10,14-15,17-19H,2-4,8,11-13H2,1H3,(H,28,29)/t17?,18?,19-/m0/s1. The molecule has 1 aliphatic heterocycles. The monoisotopic (exact) mass is 444 g/mol. The first-order valence-corrected chi connectivity index (χ1v) is 10.8. The topological polar surface area (TPSA) is 128 Å². The lowest BCUT2D eigenvalue weighted by atomic mass is 10.1. The molecule has 2 unspecified atom stereocenters. The normalized spacial score (nSPS) is 19.0. The van der Waals surface area contributed by atoms with E-state index in [1.807, 2.05) is 18.2 Å². The molecule has 1 amide bonds. The summed E-state index contributed by atoms with van der Waals surface area (Å²) in [5, 5.41) is 20.8. The summed E-state index contributed by atoms with van der Waals surface area (Å²) >= 11 is 0. The zero-order chi connectivity index (χ0) is 23.1. The van der Waals surface area contributed by atoms with Crippen molar-refractivity contribution in [2.45, 2.75) is 63.6 Å². The van der Waals surface area contributed by atoms with Crippen LogP contribution in [0.4, 0.5) is 5.82 Å². The van der Waals surface area contributed by atoms with Gasteiger partial charge >= 0.3 is 11.8 Å². The number of carboxylic acid groups (broad SMARTS) is 1. The van der Waals surface area contributed by atoms with Crippen LogP contribution in [0.2, 0.25) is 0 Å². The zero-order valence-electron chi connectivity index (χ0n) is 18.0. The third kappa shape index (κ3) is 5.63. The van der Waals surface area contributed by atoms with Gasteiger partial charge in [0, 0.05) is 6.42 Å². The average molecular weight is 444 g/mol. The van der Waals surface area contributed by atoms with Crippen molar-refractivity contribution in [1.82, 2.24) is 14.5 Å². The highest BCUT2D eigenvalue weighted by atomic mass is 16.6. The van der Waals surface area contributed by atoms with Crippen LogP contribution < -0.4 is 4.74 Å². The summed E-state index contributed by atoms with van der Waals surface area (Å²) in [6, 6.07) is 7.27. The number of hydrogen-bond acceptors (Lipinski definition) is 6. The predicted molar refractivity (Wildman–Crippen MR) is 115 cm³/mol. The number of ether oxygens (including phenoxy) is 1. The van der Waals surface area contributed by atoms with Crippen molar-refractivity contribution in [3.05, 3.63) is 53.0 Å². The molecule has 1 N–H and O–H groups in total. The number of aliphatic carboxylic acids is 1. The number of nitrogens with zero attached hydrogens (tertiary/aromatic N) is 4. The first kappa shape index (κ1) is 23.2. The van der Waals surface area contributed by atoms with E-state index < -0.39 is 29.1 Å². The molecule has 0 aliphatic carbocycles. The molecular weight excluding hydrogens is 416 g/mol. The molecule has 0 saturated carbocycles.